The normalized spacial score (nSPS) is 12.3. The molecule has 0 unspecified atom stereocenters. The van der Waals surface area contributed by atoms with Gasteiger partial charge in [-0.3, -0.25) is 0 Å². The number of aryl methyl sites for hydroxylation is 1. The Labute approximate surface area is 88.3 Å². The maximum absolute atomic E-state index is 6.19. The van der Waals surface area contributed by atoms with Gasteiger partial charge in [0.05, 0.1) is 15.9 Å². The standard InChI is InChI=1S/C11H13ClN2/c1-7-5-4-6-8-9(7)14-10(13-8)11(2,3)12/h4-6H,1-3H3,(H,13,14). The molecule has 0 bridgehead atoms. The lowest BCUT2D eigenvalue weighted by atomic mass is 10.2. The number of imidazole rings is 1. The summed E-state index contributed by atoms with van der Waals surface area (Å²) in [6.07, 6.45) is 0. The van der Waals surface area contributed by atoms with Gasteiger partial charge >= 0.3 is 0 Å². The number of nitrogens with zero attached hydrogens (tertiary/aromatic N) is 1. The second-order valence-electron chi connectivity index (χ2n) is 4.03. The van der Waals surface area contributed by atoms with Gasteiger partial charge in [-0.2, -0.15) is 0 Å². The molecule has 0 spiro atoms. The van der Waals surface area contributed by atoms with Crippen molar-refractivity contribution in [3.63, 3.8) is 0 Å². The molecule has 2 nitrogen and oxygen atoms in total. The summed E-state index contributed by atoms with van der Waals surface area (Å²) in [5.74, 6) is 0.823. The van der Waals surface area contributed by atoms with Crippen LogP contribution in [0.25, 0.3) is 11.0 Å². The second-order valence-corrected chi connectivity index (χ2v) is 4.97. The first-order valence-corrected chi connectivity index (χ1v) is 5.01. The van der Waals surface area contributed by atoms with Crippen molar-refractivity contribution < 1.29 is 0 Å². The van der Waals surface area contributed by atoms with Crippen molar-refractivity contribution >= 4 is 22.6 Å². The number of aromatic nitrogens is 2. The van der Waals surface area contributed by atoms with E-state index in [-0.39, 0.29) is 0 Å². The molecular formula is C11H13ClN2. The molecule has 74 valence electrons. The molecule has 0 aliphatic rings. The van der Waals surface area contributed by atoms with Crippen molar-refractivity contribution in [2.45, 2.75) is 25.6 Å². The molecule has 0 saturated carbocycles. The molecule has 1 aromatic heterocycles. The summed E-state index contributed by atoms with van der Waals surface area (Å²) < 4.78 is 0. The van der Waals surface area contributed by atoms with Gasteiger partial charge in [-0.1, -0.05) is 12.1 Å². The highest BCUT2D eigenvalue weighted by Crippen LogP contribution is 2.27. The minimum atomic E-state index is -0.439. The van der Waals surface area contributed by atoms with Crippen molar-refractivity contribution in [2.24, 2.45) is 0 Å². The summed E-state index contributed by atoms with van der Waals surface area (Å²) >= 11 is 6.19. The number of halogens is 1. The van der Waals surface area contributed by atoms with Gasteiger partial charge in [-0.25, -0.2) is 4.98 Å². The smallest absolute Gasteiger partial charge is 0.127 e. The lowest BCUT2D eigenvalue weighted by molar-refractivity contribution is 0.711. The predicted octanol–water partition coefficient (Wildman–Crippen LogP) is 3.35. The first-order valence-electron chi connectivity index (χ1n) is 4.63. The van der Waals surface area contributed by atoms with Crippen LogP contribution in [0.15, 0.2) is 18.2 Å². The first kappa shape index (κ1) is 9.53. The Kier molecular flexibility index (Phi) is 2.04. The Morgan fingerprint density at radius 3 is 2.64 bits per heavy atom. The zero-order valence-electron chi connectivity index (χ0n) is 8.56. The maximum atomic E-state index is 6.19. The molecule has 0 aliphatic carbocycles. The van der Waals surface area contributed by atoms with Gasteiger partial charge in [0, 0.05) is 0 Å². The van der Waals surface area contributed by atoms with Crippen LogP contribution in [0.3, 0.4) is 0 Å². The molecule has 3 heteroatoms. The van der Waals surface area contributed by atoms with Crippen molar-refractivity contribution in [1.82, 2.24) is 9.97 Å². The molecule has 1 N–H and O–H groups in total. The summed E-state index contributed by atoms with van der Waals surface area (Å²) in [6, 6.07) is 6.08. The summed E-state index contributed by atoms with van der Waals surface area (Å²) in [6.45, 7) is 5.91. The Bertz CT molecular complexity index is 466. The fourth-order valence-corrected chi connectivity index (χ4v) is 1.55. The van der Waals surface area contributed by atoms with Gasteiger partial charge in [0.15, 0.2) is 0 Å². The minimum absolute atomic E-state index is 0.439. The minimum Gasteiger partial charge on any atom is -0.340 e. The number of alkyl halides is 1. The molecule has 0 aliphatic heterocycles. The Morgan fingerprint density at radius 1 is 1.36 bits per heavy atom. The topological polar surface area (TPSA) is 28.7 Å². The zero-order valence-corrected chi connectivity index (χ0v) is 9.31. The molecule has 0 fully saturated rings. The van der Waals surface area contributed by atoms with Gasteiger partial charge in [0.2, 0.25) is 0 Å². The van der Waals surface area contributed by atoms with Gasteiger partial charge < -0.3 is 4.98 Å². The van der Waals surface area contributed by atoms with Gasteiger partial charge in [0.1, 0.15) is 5.82 Å². The highest BCUT2D eigenvalue weighted by atomic mass is 35.5. The van der Waals surface area contributed by atoms with Crippen LogP contribution in [0.1, 0.15) is 25.2 Å². The monoisotopic (exact) mass is 208 g/mol. The van der Waals surface area contributed by atoms with E-state index in [9.17, 15) is 0 Å². The molecule has 1 heterocycles. The second kappa shape index (κ2) is 2.99. The number of nitrogens with one attached hydrogen (secondary N) is 1. The summed E-state index contributed by atoms with van der Waals surface area (Å²) in [5.41, 5.74) is 3.23. The van der Waals surface area contributed by atoms with Crippen LogP contribution in [-0.2, 0) is 4.87 Å². The van der Waals surface area contributed by atoms with Gasteiger partial charge in [0.25, 0.3) is 0 Å². The zero-order chi connectivity index (χ0) is 10.3. The summed E-state index contributed by atoms with van der Waals surface area (Å²) in [5, 5.41) is 0. The Balaban J connectivity index is 2.69. The van der Waals surface area contributed by atoms with Crippen LogP contribution in [-0.4, -0.2) is 9.97 Å². The van der Waals surface area contributed by atoms with Crippen LogP contribution in [0.5, 0.6) is 0 Å². The average molecular weight is 209 g/mol. The van der Waals surface area contributed by atoms with Crippen LogP contribution in [0.4, 0.5) is 0 Å². The third kappa shape index (κ3) is 1.50. The summed E-state index contributed by atoms with van der Waals surface area (Å²) in [7, 11) is 0. The van der Waals surface area contributed by atoms with Crippen molar-refractivity contribution in [3.05, 3.63) is 29.6 Å². The maximum Gasteiger partial charge on any atom is 0.127 e. The van der Waals surface area contributed by atoms with E-state index >= 15 is 0 Å². The Hall–Kier alpha value is -1.02. The number of H-pyrrole nitrogens is 1. The van der Waals surface area contributed by atoms with Crippen molar-refractivity contribution in [2.75, 3.05) is 0 Å². The number of aromatic amines is 1. The van der Waals surface area contributed by atoms with E-state index in [0.717, 1.165) is 16.9 Å². The molecule has 0 amide bonds. The fourth-order valence-electron chi connectivity index (χ4n) is 1.46. The van der Waals surface area contributed by atoms with Crippen molar-refractivity contribution in [1.29, 1.82) is 0 Å². The number of benzene rings is 1. The van der Waals surface area contributed by atoms with Crippen LogP contribution in [0.2, 0.25) is 0 Å². The molecule has 0 atom stereocenters. The van der Waals surface area contributed by atoms with E-state index in [4.69, 9.17) is 11.6 Å². The molecule has 14 heavy (non-hydrogen) atoms. The fraction of sp³-hybridized carbons (Fsp3) is 0.364. The van der Waals surface area contributed by atoms with Crippen LogP contribution >= 0.6 is 11.6 Å². The SMILES string of the molecule is Cc1cccc2[nH]c(C(C)(C)Cl)nc12. The third-order valence-electron chi connectivity index (χ3n) is 2.28. The molecule has 2 rings (SSSR count). The van der Waals surface area contributed by atoms with Crippen LogP contribution in [0, 0.1) is 6.92 Å². The molecule has 2 aromatic rings. The Morgan fingerprint density at radius 2 is 2.07 bits per heavy atom. The van der Waals surface area contributed by atoms with E-state index in [1.807, 2.05) is 39.0 Å². The number of hydrogen-bond acceptors (Lipinski definition) is 1. The lowest BCUT2D eigenvalue weighted by Gasteiger charge is -2.10. The first-order chi connectivity index (χ1) is 6.48. The largest absolute Gasteiger partial charge is 0.340 e. The molecular weight excluding hydrogens is 196 g/mol. The molecule has 0 saturated heterocycles. The van der Waals surface area contributed by atoms with E-state index < -0.39 is 4.87 Å². The molecule has 1 aromatic carbocycles. The summed E-state index contributed by atoms with van der Waals surface area (Å²) in [4.78, 5) is 7.29. The van der Waals surface area contributed by atoms with E-state index in [1.54, 1.807) is 0 Å². The predicted molar refractivity (Wildman–Crippen MR) is 59.7 cm³/mol. The van der Waals surface area contributed by atoms with Crippen molar-refractivity contribution in [3.8, 4) is 0 Å². The number of rotatable bonds is 1. The highest BCUT2D eigenvalue weighted by Gasteiger charge is 2.21. The van der Waals surface area contributed by atoms with Gasteiger partial charge in [-0.05, 0) is 32.4 Å². The quantitative estimate of drug-likeness (QED) is 0.716. The van der Waals surface area contributed by atoms with E-state index in [1.165, 1.54) is 5.56 Å². The lowest BCUT2D eigenvalue weighted by Crippen LogP contribution is -2.09. The van der Waals surface area contributed by atoms with Gasteiger partial charge in [-0.15, -0.1) is 11.6 Å². The molecule has 0 radical (unpaired) electrons. The number of para-hydroxylation sites is 1. The number of fused-ring (bicyclic) bond motifs is 1. The van der Waals surface area contributed by atoms with E-state index in [2.05, 4.69) is 9.97 Å². The van der Waals surface area contributed by atoms with E-state index in [0.29, 0.717) is 0 Å². The van der Waals surface area contributed by atoms with Crippen LogP contribution < -0.4 is 0 Å². The number of hydrogen-bond donors (Lipinski definition) is 1. The average Bonchev–Trinajstić information content (AvgIpc) is 2.48. The third-order valence-corrected chi connectivity index (χ3v) is 2.46. The highest BCUT2D eigenvalue weighted by molar-refractivity contribution is 6.23.